The van der Waals surface area contributed by atoms with E-state index in [4.69, 9.17) is 16.6 Å². The molecule has 0 fully saturated rings. The first kappa shape index (κ1) is 26.3. The largest absolute Gasteiger partial charge is 0.508 e. The summed E-state index contributed by atoms with van der Waals surface area (Å²) in [5.41, 5.74) is 11.0. The number of hydrogen-bond donors (Lipinski definition) is 8. The molecule has 0 saturated carbocycles. The number of amides is 4. The van der Waals surface area contributed by atoms with E-state index in [0.29, 0.717) is 5.56 Å². The lowest BCUT2D eigenvalue weighted by molar-refractivity contribution is -0.142. The molecule has 13 nitrogen and oxygen atoms in total. The molecule has 0 bridgehead atoms. The van der Waals surface area contributed by atoms with Gasteiger partial charge in [0, 0.05) is 6.42 Å². The first-order chi connectivity index (χ1) is 14.9. The van der Waals surface area contributed by atoms with Crippen molar-refractivity contribution in [3.63, 3.8) is 0 Å². The fourth-order valence-corrected chi connectivity index (χ4v) is 2.52. The Labute approximate surface area is 183 Å². The number of carboxylic acid groups (broad SMARTS) is 1. The normalized spacial score (nSPS) is 14.3. The van der Waals surface area contributed by atoms with Gasteiger partial charge in [-0.2, -0.15) is 0 Å². The van der Waals surface area contributed by atoms with E-state index in [0.717, 1.165) is 0 Å². The predicted octanol–water partition coefficient (Wildman–Crippen LogP) is -3.31. The molecule has 13 heteroatoms. The van der Waals surface area contributed by atoms with Crippen LogP contribution in [0.1, 0.15) is 18.9 Å². The lowest BCUT2D eigenvalue weighted by atomic mass is 10.1. The fourth-order valence-electron chi connectivity index (χ4n) is 2.52. The molecule has 1 aromatic rings. The molecule has 4 unspecified atom stereocenters. The molecule has 1 aromatic carbocycles. The van der Waals surface area contributed by atoms with E-state index < -0.39 is 66.8 Å². The molecule has 0 aliphatic rings. The number of carbonyl (C=O) groups excluding carboxylic acids is 4. The first-order valence-corrected chi connectivity index (χ1v) is 9.51. The minimum Gasteiger partial charge on any atom is -0.508 e. The van der Waals surface area contributed by atoms with Crippen LogP contribution in [0.2, 0.25) is 0 Å². The second kappa shape index (κ2) is 12.2. The van der Waals surface area contributed by atoms with Crippen LogP contribution in [0.5, 0.6) is 5.75 Å². The Hall–Kier alpha value is -3.71. The van der Waals surface area contributed by atoms with Gasteiger partial charge in [0.2, 0.25) is 23.6 Å². The van der Waals surface area contributed by atoms with Crippen molar-refractivity contribution in [2.24, 2.45) is 11.5 Å². The zero-order valence-corrected chi connectivity index (χ0v) is 17.3. The third-order valence-corrected chi connectivity index (χ3v) is 4.31. The molecule has 10 N–H and O–H groups in total. The maximum Gasteiger partial charge on any atom is 0.326 e. The van der Waals surface area contributed by atoms with Gasteiger partial charge in [0.05, 0.1) is 13.0 Å². The van der Waals surface area contributed by atoms with E-state index >= 15 is 0 Å². The van der Waals surface area contributed by atoms with Crippen molar-refractivity contribution in [1.29, 1.82) is 0 Å². The number of nitrogens with one attached hydrogen (secondary N) is 3. The Bertz CT molecular complexity index is 845. The third kappa shape index (κ3) is 8.57. The van der Waals surface area contributed by atoms with E-state index in [2.05, 4.69) is 16.0 Å². The van der Waals surface area contributed by atoms with Crippen LogP contribution < -0.4 is 27.4 Å². The van der Waals surface area contributed by atoms with Gasteiger partial charge in [0.15, 0.2) is 0 Å². The highest BCUT2D eigenvalue weighted by Crippen LogP contribution is 2.11. The van der Waals surface area contributed by atoms with Gasteiger partial charge in [-0.1, -0.05) is 12.1 Å². The molecule has 32 heavy (non-hydrogen) atoms. The van der Waals surface area contributed by atoms with Crippen LogP contribution in [-0.4, -0.2) is 75.7 Å². The summed E-state index contributed by atoms with van der Waals surface area (Å²) in [4.78, 5) is 59.4. The summed E-state index contributed by atoms with van der Waals surface area (Å²) in [5, 5.41) is 34.3. The highest BCUT2D eigenvalue weighted by atomic mass is 16.4. The van der Waals surface area contributed by atoms with Crippen molar-refractivity contribution in [2.45, 2.75) is 43.9 Å². The molecular weight excluding hydrogens is 426 g/mol. The number of aliphatic carboxylic acids is 1. The SMILES string of the molecule is CC(NC(=O)C(CC(N)=O)NC(=O)C(N)CO)C(=O)NC(Cc1ccc(O)cc1)C(=O)O. The van der Waals surface area contributed by atoms with Crippen LogP contribution in [0.3, 0.4) is 0 Å². The summed E-state index contributed by atoms with van der Waals surface area (Å²) in [7, 11) is 0. The average molecular weight is 453 g/mol. The Kier molecular flexibility index (Phi) is 10.1. The van der Waals surface area contributed by atoms with Crippen molar-refractivity contribution in [2.75, 3.05) is 6.61 Å². The van der Waals surface area contributed by atoms with Gasteiger partial charge in [-0.15, -0.1) is 0 Å². The smallest absolute Gasteiger partial charge is 0.326 e. The lowest BCUT2D eigenvalue weighted by Gasteiger charge is -2.22. The molecule has 0 heterocycles. The fraction of sp³-hybridized carbons (Fsp3) is 0.421. The van der Waals surface area contributed by atoms with Gasteiger partial charge in [-0.25, -0.2) is 4.79 Å². The Morgan fingerprint density at radius 1 is 0.938 bits per heavy atom. The average Bonchev–Trinajstić information content (AvgIpc) is 2.72. The molecule has 4 amide bonds. The molecule has 0 radical (unpaired) electrons. The molecular formula is C19H27N5O8. The Morgan fingerprint density at radius 2 is 1.50 bits per heavy atom. The summed E-state index contributed by atoms with van der Waals surface area (Å²) in [6.45, 7) is 0.572. The molecule has 0 aliphatic heterocycles. The molecule has 1 rings (SSSR count). The minimum absolute atomic E-state index is 0.00135. The van der Waals surface area contributed by atoms with Crippen LogP contribution in [0.15, 0.2) is 24.3 Å². The lowest BCUT2D eigenvalue weighted by Crippen LogP contribution is -2.57. The van der Waals surface area contributed by atoms with Crippen molar-refractivity contribution < 1.29 is 39.3 Å². The number of aromatic hydroxyl groups is 1. The summed E-state index contributed by atoms with van der Waals surface area (Å²) < 4.78 is 0. The maximum atomic E-state index is 12.4. The highest BCUT2D eigenvalue weighted by Gasteiger charge is 2.29. The van der Waals surface area contributed by atoms with Gasteiger partial charge in [-0.3, -0.25) is 19.2 Å². The monoisotopic (exact) mass is 453 g/mol. The number of nitrogens with two attached hydrogens (primary N) is 2. The van der Waals surface area contributed by atoms with Crippen LogP contribution in [0.25, 0.3) is 0 Å². The molecule has 4 atom stereocenters. The number of carboxylic acids is 1. The van der Waals surface area contributed by atoms with Crippen LogP contribution >= 0.6 is 0 Å². The first-order valence-electron chi connectivity index (χ1n) is 9.51. The van der Waals surface area contributed by atoms with E-state index in [-0.39, 0.29) is 12.2 Å². The van der Waals surface area contributed by atoms with Gasteiger partial charge in [0.25, 0.3) is 0 Å². The number of phenols is 1. The second-order valence-corrected chi connectivity index (χ2v) is 7.02. The van der Waals surface area contributed by atoms with Crippen molar-refractivity contribution in [1.82, 2.24) is 16.0 Å². The predicted molar refractivity (Wildman–Crippen MR) is 110 cm³/mol. The van der Waals surface area contributed by atoms with Crippen LogP contribution in [0, 0.1) is 0 Å². The van der Waals surface area contributed by atoms with Crippen molar-refractivity contribution in [3.8, 4) is 5.75 Å². The quantitative estimate of drug-likeness (QED) is 0.158. The summed E-state index contributed by atoms with van der Waals surface area (Å²) >= 11 is 0. The van der Waals surface area contributed by atoms with Crippen molar-refractivity contribution >= 4 is 29.6 Å². The molecule has 0 saturated heterocycles. The molecule has 0 aliphatic carbocycles. The van der Waals surface area contributed by atoms with Crippen molar-refractivity contribution in [3.05, 3.63) is 29.8 Å². The zero-order chi connectivity index (χ0) is 24.4. The van der Waals surface area contributed by atoms with Gasteiger partial charge in [-0.05, 0) is 24.6 Å². The number of carbonyl (C=O) groups is 5. The summed E-state index contributed by atoms with van der Waals surface area (Å²) in [5.74, 6) is -4.91. The molecule has 0 spiro atoms. The topological polar surface area (TPSA) is 234 Å². The molecule has 176 valence electrons. The van der Waals surface area contributed by atoms with Gasteiger partial charge in [0.1, 0.15) is 29.9 Å². The number of aliphatic hydroxyl groups excluding tert-OH is 1. The van der Waals surface area contributed by atoms with Gasteiger partial charge < -0.3 is 42.7 Å². The highest BCUT2D eigenvalue weighted by molar-refractivity contribution is 5.96. The van der Waals surface area contributed by atoms with E-state index in [1.807, 2.05) is 0 Å². The second-order valence-electron chi connectivity index (χ2n) is 7.02. The van der Waals surface area contributed by atoms with E-state index in [1.165, 1.54) is 31.2 Å². The number of primary amides is 1. The zero-order valence-electron chi connectivity index (χ0n) is 17.3. The summed E-state index contributed by atoms with van der Waals surface area (Å²) in [6, 6.07) is 0.380. The number of benzene rings is 1. The standard InChI is InChI=1S/C19H27N5O8/c1-9(22-18(30)13(7-15(21)27)23-17(29)12(20)8-25)16(28)24-14(19(31)32)6-10-2-4-11(26)5-3-10/h2-5,9,12-14,25-26H,6-8,20H2,1H3,(H2,21,27)(H,22,30)(H,23,29)(H,24,28)(H,31,32). The van der Waals surface area contributed by atoms with E-state index in [1.54, 1.807) is 0 Å². The summed E-state index contributed by atoms with van der Waals surface area (Å²) in [6.07, 6.45) is -0.676. The number of aliphatic hydroxyl groups is 1. The van der Waals surface area contributed by atoms with E-state index in [9.17, 15) is 34.2 Å². The van der Waals surface area contributed by atoms with Crippen LogP contribution in [0.4, 0.5) is 0 Å². The Balaban J connectivity index is 2.79. The molecule has 0 aromatic heterocycles. The van der Waals surface area contributed by atoms with Crippen LogP contribution in [-0.2, 0) is 30.4 Å². The third-order valence-electron chi connectivity index (χ3n) is 4.31. The minimum atomic E-state index is -1.46. The Morgan fingerprint density at radius 3 is 2.00 bits per heavy atom. The number of hydrogen-bond acceptors (Lipinski definition) is 8. The maximum absolute atomic E-state index is 12.4. The number of phenolic OH excluding ortho intramolecular Hbond substituents is 1. The number of rotatable bonds is 12. The van der Waals surface area contributed by atoms with Gasteiger partial charge >= 0.3 is 5.97 Å².